The van der Waals surface area contributed by atoms with E-state index in [0.29, 0.717) is 13.1 Å². The molecule has 10 heteroatoms. The Balaban J connectivity index is 1.13. The lowest BCUT2D eigenvalue weighted by Crippen LogP contribution is -2.36. The number of amides is 2. The van der Waals surface area contributed by atoms with Crippen molar-refractivity contribution in [3.8, 4) is 33.6 Å². The van der Waals surface area contributed by atoms with Crippen molar-refractivity contribution in [1.29, 1.82) is 0 Å². The third-order valence-corrected chi connectivity index (χ3v) is 8.58. The number of nitrogens with zero attached hydrogens (tertiary/aromatic N) is 4. The van der Waals surface area contributed by atoms with Crippen molar-refractivity contribution >= 4 is 12.2 Å². The number of carbonyl (C=O) groups excluding carboxylic acids is 2. The predicted molar refractivity (Wildman–Crippen MR) is 182 cm³/mol. The summed E-state index contributed by atoms with van der Waals surface area (Å²) >= 11 is 0. The molecule has 0 saturated carbocycles. The van der Waals surface area contributed by atoms with Gasteiger partial charge in [0.15, 0.2) is 0 Å². The van der Waals surface area contributed by atoms with Gasteiger partial charge >= 0.3 is 12.2 Å². The Morgan fingerprint density at radius 3 is 1.68 bits per heavy atom. The molecule has 2 unspecified atom stereocenters. The number of aryl methyl sites for hydroxylation is 1. The number of H-pyrrole nitrogens is 2. The maximum absolute atomic E-state index is 12.8. The van der Waals surface area contributed by atoms with E-state index in [0.717, 1.165) is 76.7 Å². The van der Waals surface area contributed by atoms with Gasteiger partial charge in [0.05, 0.1) is 29.7 Å². The van der Waals surface area contributed by atoms with Gasteiger partial charge in [0.1, 0.15) is 22.9 Å². The first-order valence-corrected chi connectivity index (χ1v) is 16.6. The molecule has 4 heterocycles. The highest BCUT2D eigenvalue weighted by Gasteiger charge is 2.36. The summed E-state index contributed by atoms with van der Waals surface area (Å²) in [7, 11) is 0. The summed E-state index contributed by atoms with van der Waals surface area (Å²) < 4.78 is 11.3. The summed E-state index contributed by atoms with van der Waals surface area (Å²) in [6, 6.07) is 16.6. The molecule has 248 valence electrons. The molecule has 2 aromatic heterocycles. The van der Waals surface area contributed by atoms with Crippen LogP contribution in [0.2, 0.25) is 0 Å². The van der Waals surface area contributed by atoms with E-state index < -0.39 is 11.2 Å². The Hall–Kier alpha value is -4.60. The van der Waals surface area contributed by atoms with Crippen molar-refractivity contribution < 1.29 is 19.1 Å². The predicted octanol–water partition coefficient (Wildman–Crippen LogP) is 8.59. The van der Waals surface area contributed by atoms with Crippen molar-refractivity contribution in [2.24, 2.45) is 0 Å². The lowest BCUT2D eigenvalue weighted by molar-refractivity contribution is 0.0208. The lowest BCUT2D eigenvalue weighted by Gasteiger charge is -2.27. The van der Waals surface area contributed by atoms with Crippen LogP contribution in [0.15, 0.2) is 54.7 Å². The third kappa shape index (κ3) is 7.21. The number of rotatable bonds is 5. The number of imidazole rings is 2. The number of hydrogen-bond donors (Lipinski definition) is 2. The molecule has 0 aliphatic carbocycles. The molecule has 0 radical (unpaired) electrons. The molecule has 2 amide bonds. The highest BCUT2D eigenvalue weighted by molar-refractivity contribution is 5.73. The number of carbonyl (C=O) groups is 2. The normalized spacial score (nSPS) is 18.5. The minimum absolute atomic E-state index is 0.118. The van der Waals surface area contributed by atoms with Crippen LogP contribution in [0, 0.1) is 6.92 Å². The molecule has 2 aliphatic rings. The van der Waals surface area contributed by atoms with E-state index in [1.807, 2.05) is 54.7 Å². The zero-order chi connectivity index (χ0) is 33.5. The van der Waals surface area contributed by atoms with Crippen LogP contribution in [-0.4, -0.2) is 66.2 Å². The van der Waals surface area contributed by atoms with E-state index in [-0.39, 0.29) is 24.3 Å². The number of likely N-dealkylation sites (tertiary alicyclic amines) is 2. The Kier molecular flexibility index (Phi) is 8.63. The number of aromatic nitrogens is 4. The van der Waals surface area contributed by atoms with Crippen molar-refractivity contribution in [2.45, 2.75) is 97.4 Å². The zero-order valence-electron chi connectivity index (χ0n) is 28.5. The van der Waals surface area contributed by atoms with Gasteiger partial charge in [-0.2, -0.15) is 0 Å². The van der Waals surface area contributed by atoms with E-state index in [1.54, 1.807) is 9.80 Å². The van der Waals surface area contributed by atoms with Gasteiger partial charge < -0.3 is 19.4 Å². The first kappa shape index (κ1) is 32.3. The summed E-state index contributed by atoms with van der Waals surface area (Å²) in [5.41, 5.74) is 5.94. The van der Waals surface area contributed by atoms with Crippen molar-refractivity contribution in [2.75, 3.05) is 13.1 Å². The number of ether oxygens (including phenoxy) is 2. The molecule has 47 heavy (non-hydrogen) atoms. The number of benzene rings is 2. The second-order valence-electron chi connectivity index (χ2n) is 14.6. The molecule has 2 aromatic carbocycles. The summed E-state index contributed by atoms with van der Waals surface area (Å²) in [5.74, 6) is 1.58. The van der Waals surface area contributed by atoms with Gasteiger partial charge in [-0.05, 0) is 90.8 Å². The second kappa shape index (κ2) is 12.5. The first-order chi connectivity index (χ1) is 22.3. The summed E-state index contributed by atoms with van der Waals surface area (Å²) in [6.45, 7) is 14.7. The standard InChI is InChI=1S/C37H46N6O4/c1-23-31(41-33(39-23)30-11-9-21-43(30)35(45)47-37(5,6)7)27-18-14-25(15-19-27)24-12-16-26(17-13-24)28-22-38-32(40-28)29-10-8-20-42(29)34(44)46-36(2,3)4/h12-19,22,29-30H,8-11,20-21H2,1-7H3,(H,38,40)(H,39,41). The maximum Gasteiger partial charge on any atom is 0.410 e. The Morgan fingerprint density at radius 2 is 1.17 bits per heavy atom. The molecule has 2 N–H and O–H groups in total. The van der Waals surface area contributed by atoms with Crippen LogP contribution in [0.1, 0.15) is 96.7 Å². The summed E-state index contributed by atoms with van der Waals surface area (Å²) in [6.07, 6.45) is 4.79. The van der Waals surface area contributed by atoms with Crippen LogP contribution < -0.4 is 0 Å². The molecule has 0 spiro atoms. The highest BCUT2D eigenvalue weighted by Crippen LogP contribution is 2.36. The molecule has 2 atom stereocenters. The largest absolute Gasteiger partial charge is 0.444 e. The van der Waals surface area contributed by atoms with Crippen LogP contribution in [-0.2, 0) is 9.47 Å². The average Bonchev–Trinajstić information content (AvgIpc) is 3.81. The van der Waals surface area contributed by atoms with Gasteiger partial charge in [0.2, 0.25) is 0 Å². The van der Waals surface area contributed by atoms with Crippen LogP contribution in [0.4, 0.5) is 9.59 Å². The van der Waals surface area contributed by atoms with Gasteiger partial charge in [-0.1, -0.05) is 48.5 Å². The lowest BCUT2D eigenvalue weighted by atomic mass is 10.0. The Labute approximate surface area is 276 Å². The van der Waals surface area contributed by atoms with E-state index in [9.17, 15) is 9.59 Å². The number of nitrogens with one attached hydrogen (secondary N) is 2. The second-order valence-corrected chi connectivity index (χ2v) is 14.6. The smallest absolute Gasteiger partial charge is 0.410 e. The van der Waals surface area contributed by atoms with E-state index >= 15 is 0 Å². The van der Waals surface area contributed by atoms with Gasteiger partial charge in [0, 0.05) is 24.3 Å². The Bertz CT molecular complexity index is 1730. The molecule has 6 rings (SSSR count). The zero-order valence-corrected chi connectivity index (χ0v) is 28.5. The van der Waals surface area contributed by atoms with Crippen LogP contribution in [0.3, 0.4) is 0 Å². The first-order valence-electron chi connectivity index (χ1n) is 16.6. The van der Waals surface area contributed by atoms with Gasteiger partial charge in [0.25, 0.3) is 0 Å². The van der Waals surface area contributed by atoms with E-state index in [1.165, 1.54) is 0 Å². The number of aromatic amines is 2. The molecule has 10 nitrogen and oxygen atoms in total. The van der Waals surface area contributed by atoms with E-state index in [4.69, 9.17) is 14.5 Å². The minimum Gasteiger partial charge on any atom is -0.444 e. The molecular formula is C37H46N6O4. The Morgan fingerprint density at radius 1 is 0.702 bits per heavy atom. The molecule has 2 aliphatic heterocycles. The molecule has 0 bridgehead atoms. The van der Waals surface area contributed by atoms with E-state index in [2.05, 4.69) is 63.5 Å². The quantitative estimate of drug-likeness (QED) is 0.226. The molecule has 2 saturated heterocycles. The topological polar surface area (TPSA) is 116 Å². The third-order valence-electron chi connectivity index (χ3n) is 8.58. The maximum atomic E-state index is 12.8. The van der Waals surface area contributed by atoms with Crippen LogP contribution in [0.25, 0.3) is 33.6 Å². The molecular weight excluding hydrogens is 592 g/mol. The van der Waals surface area contributed by atoms with Crippen molar-refractivity contribution in [1.82, 2.24) is 29.7 Å². The summed E-state index contributed by atoms with van der Waals surface area (Å²) in [5, 5.41) is 0. The highest BCUT2D eigenvalue weighted by atomic mass is 16.6. The average molecular weight is 639 g/mol. The van der Waals surface area contributed by atoms with Crippen LogP contribution in [0.5, 0.6) is 0 Å². The number of hydrogen-bond acceptors (Lipinski definition) is 6. The fourth-order valence-corrected chi connectivity index (χ4v) is 6.42. The molecule has 4 aromatic rings. The van der Waals surface area contributed by atoms with Crippen molar-refractivity contribution in [3.05, 3.63) is 72.1 Å². The van der Waals surface area contributed by atoms with Crippen LogP contribution >= 0.6 is 0 Å². The molecule has 2 fully saturated rings. The van der Waals surface area contributed by atoms with Gasteiger partial charge in [-0.15, -0.1) is 0 Å². The fourth-order valence-electron chi connectivity index (χ4n) is 6.42. The fraction of sp³-hybridized carbons (Fsp3) is 0.459. The minimum atomic E-state index is -0.540. The monoisotopic (exact) mass is 638 g/mol. The van der Waals surface area contributed by atoms with Crippen molar-refractivity contribution in [3.63, 3.8) is 0 Å². The SMILES string of the molecule is Cc1[nH]c(C2CCCN2C(=O)OC(C)(C)C)nc1-c1ccc(-c2ccc(-c3cnc(C4CCCN4C(=O)OC(C)(C)C)[nH]3)cc2)cc1. The van der Waals surface area contributed by atoms with Gasteiger partial charge in [-0.25, -0.2) is 19.6 Å². The summed E-state index contributed by atoms with van der Waals surface area (Å²) in [4.78, 5) is 45.7. The van der Waals surface area contributed by atoms with Gasteiger partial charge in [-0.3, -0.25) is 9.80 Å².